The second-order valence-corrected chi connectivity index (χ2v) is 5.63. The maximum atomic E-state index is 10.9. The average Bonchev–Trinajstić information content (AvgIpc) is 2.96. The highest BCUT2D eigenvalue weighted by atomic mass is 32.2. The van der Waals surface area contributed by atoms with Gasteiger partial charge in [0.25, 0.3) is 0 Å². The van der Waals surface area contributed by atoms with Crippen molar-refractivity contribution in [1.29, 1.82) is 0 Å². The summed E-state index contributed by atoms with van der Waals surface area (Å²) in [5, 5.41) is 15.2. The lowest BCUT2D eigenvalue weighted by Crippen LogP contribution is -2.17. The first-order valence-corrected chi connectivity index (χ1v) is 7.31. The largest absolute Gasteiger partial charge is 0.480 e. The molecule has 2 aromatic carbocycles. The van der Waals surface area contributed by atoms with Crippen molar-refractivity contribution >= 4 is 39.2 Å². The third-order valence-corrected chi connectivity index (χ3v) is 4.41. The molecule has 1 aliphatic heterocycles. The van der Waals surface area contributed by atoms with Crippen LogP contribution >= 0.6 is 11.8 Å². The van der Waals surface area contributed by atoms with Crippen LogP contribution < -0.4 is 5.32 Å². The van der Waals surface area contributed by atoms with Gasteiger partial charge in [-0.15, -0.1) is 11.8 Å². The Kier molecular flexibility index (Phi) is 3.36. The minimum absolute atomic E-state index is 0.515. The van der Waals surface area contributed by atoms with Crippen LogP contribution in [0.5, 0.6) is 0 Å². The SMILES string of the molecule is CNc1ccc2cc(C3=N[C@@H](C(=O)O)CS3)ccc2c1. The molecule has 4 nitrogen and oxygen atoms in total. The lowest BCUT2D eigenvalue weighted by atomic mass is 10.1. The maximum Gasteiger partial charge on any atom is 0.329 e. The number of rotatable bonds is 3. The first-order valence-electron chi connectivity index (χ1n) is 6.33. The number of carbonyl (C=O) groups is 1. The van der Waals surface area contributed by atoms with Gasteiger partial charge in [-0.25, -0.2) is 4.79 Å². The minimum atomic E-state index is -0.855. The van der Waals surface area contributed by atoms with E-state index in [9.17, 15) is 4.79 Å². The summed E-state index contributed by atoms with van der Waals surface area (Å²) in [5.41, 5.74) is 2.06. The topological polar surface area (TPSA) is 61.7 Å². The van der Waals surface area contributed by atoms with Crippen molar-refractivity contribution in [2.75, 3.05) is 18.1 Å². The Morgan fingerprint density at radius 2 is 2.05 bits per heavy atom. The minimum Gasteiger partial charge on any atom is -0.480 e. The van der Waals surface area contributed by atoms with Crippen molar-refractivity contribution in [3.8, 4) is 0 Å². The van der Waals surface area contributed by atoms with E-state index < -0.39 is 12.0 Å². The molecule has 0 unspecified atom stereocenters. The Bertz CT molecular complexity index is 712. The Balaban J connectivity index is 1.98. The smallest absolute Gasteiger partial charge is 0.329 e. The van der Waals surface area contributed by atoms with E-state index in [0.29, 0.717) is 5.75 Å². The van der Waals surface area contributed by atoms with E-state index >= 15 is 0 Å². The van der Waals surface area contributed by atoms with Gasteiger partial charge >= 0.3 is 5.97 Å². The lowest BCUT2D eigenvalue weighted by Gasteiger charge is -2.05. The molecule has 0 fully saturated rings. The van der Waals surface area contributed by atoms with Gasteiger partial charge in [-0.1, -0.05) is 18.2 Å². The van der Waals surface area contributed by atoms with Crippen LogP contribution in [0, 0.1) is 0 Å². The summed E-state index contributed by atoms with van der Waals surface area (Å²) in [6.45, 7) is 0. The van der Waals surface area contributed by atoms with E-state index in [1.807, 2.05) is 25.2 Å². The van der Waals surface area contributed by atoms with Crippen LogP contribution in [0.15, 0.2) is 41.4 Å². The predicted octanol–water partition coefficient (Wildman–Crippen LogP) is 2.83. The summed E-state index contributed by atoms with van der Waals surface area (Å²) in [6.07, 6.45) is 0. The zero-order chi connectivity index (χ0) is 14.1. The molecule has 0 amide bonds. The summed E-state index contributed by atoms with van der Waals surface area (Å²) < 4.78 is 0. The van der Waals surface area contributed by atoms with Crippen LogP contribution in [0.4, 0.5) is 5.69 Å². The zero-order valence-electron chi connectivity index (χ0n) is 11.0. The highest BCUT2D eigenvalue weighted by Crippen LogP contribution is 2.27. The van der Waals surface area contributed by atoms with Gasteiger partial charge in [-0.05, 0) is 29.0 Å². The summed E-state index contributed by atoms with van der Waals surface area (Å²) in [6, 6.07) is 11.7. The first kappa shape index (κ1) is 13.0. The number of aliphatic imine (C=N–C) groups is 1. The third-order valence-electron chi connectivity index (χ3n) is 3.31. The van der Waals surface area contributed by atoms with Crippen molar-refractivity contribution in [2.24, 2.45) is 4.99 Å². The molecule has 1 atom stereocenters. The van der Waals surface area contributed by atoms with Crippen molar-refractivity contribution in [3.05, 3.63) is 42.0 Å². The molecule has 0 aliphatic carbocycles. The van der Waals surface area contributed by atoms with Crippen LogP contribution in [0.1, 0.15) is 5.56 Å². The highest BCUT2D eigenvalue weighted by molar-refractivity contribution is 8.14. The molecule has 0 radical (unpaired) electrons. The van der Waals surface area contributed by atoms with E-state index in [0.717, 1.165) is 27.1 Å². The van der Waals surface area contributed by atoms with Gasteiger partial charge in [0.1, 0.15) is 0 Å². The number of benzene rings is 2. The summed E-state index contributed by atoms with van der Waals surface area (Å²) in [5.74, 6) is -0.339. The highest BCUT2D eigenvalue weighted by Gasteiger charge is 2.25. The molecule has 0 spiro atoms. The molecule has 102 valence electrons. The molecule has 3 rings (SSSR count). The Morgan fingerprint density at radius 3 is 2.75 bits per heavy atom. The molecule has 0 saturated carbocycles. The number of nitrogens with one attached hydrogen (secondary N) is 1. The molecule has 1 heterocycles. The second kappa shape index (κ2) is 5.17. The van der Waals surface area contributed by atoms with Crippen LogP contribution in [0.25, 0.3) is 10.8 Å². The molecule has 2 aromatic rings. The molecule has 2 N–H and O–H groups in total. The fraction of sp³-hybridized carbons (Fsp3) is 0.200. The van der Waals surface area contributed by atoms with E-state index in [-0.39, 0.29) is 0 Å². The summed E-state index contributed by atoms with van der Waals surface area (Å²) in [7, 11) is 1.89. The van der Waals surface area contributed by atoms with Crippen molar-refractivity contribution in [1.82, 2.24) is 0 Å². The number of fused-ring (bicyclic) bond motifs is 1. The molecule has 0 bridgehead atoms. The predicted molar refractivity (Wildman–Crippen MR) is 83.9 cm³/mol. The maximum absolute atomic E-state index is 10.9. The van der Waals surface area contributed by atoms with E-state index in [1.165, 1.54) is 11.8 Å². The fourth-order valence-electron chi connectivity index (χ4n) is 2.19. The monoisotopic (exact) mass is 286 g/mol. The number of aliphatic carboxylic acids is 1. The Labute approximate surface area is 120 Å². The normalized spacial score (nSPS) is 18.1. The Hall–Kier alpha value is -2.01. The standard InChI is InChI=1S/C15H14N2O2S/c1-16-12-5-4-9-6-11(3-2-10(9)7-12)14-17-13(8-20-14)15(18)19/h2-7,13,16H,8H2,1H3,(H,18,19)/t13-/m1/s1. The number of anilines is 1. The van der Waals surface area contributed by atoms with Crippen molar-refractivity contribution < 1.29 is 9.90 Å². The van der Waals surface area contributed by atoms with E-state index in [1.54, 1.807) is 0 Å². The molecular formula is C15H14N2O2S. The van der Waals surface area contributed by atoms with Gasteiger partial charge in [0.15, 0.2) is 6.04 Å². The fourth-order valence-corrected chi connectivity index (χ4v) is 3.22. The quantitative estimate of drug-likeness (QED) is 0.911. The molecule has 0 saturated heterocycles. The molecule has 0 aromatic heterocycles. The number of nitrogens with zero attached hydrogens (tertiary/aromatic N) is 1. The molecule has 5 heteroatoms. The number of carboxylic acids is 1. The number of thioether (sulfide) groups is 1. The van der Waals surface area contributed by atoms with Gasteiger partial charge in [0.05, 0.1) is 5.04 Å². The molecular weight excluding hydrogens is 272 g/mol. The van der Waals surface area contributed by atoms with E-state index in [4.69, 9.17) is 5.11 Å². The average molecular weight is 286 g/mol. The summed E-state index contributed by atoms with van der Waals surface area (Å²) in [4.78, 5) is 15.2. The van der Waals surface area contributed by atoms with Gasteiger partial charge in [0.2, 0.25) is 0 Å². The lowest BCUT2D eigenvalue weighted by molar-refractivity contribution is -0.137. The van der Waals surface area contributed by atoms with E-state index in [2.05, 4.69) is 28.5 Å². The molecule has 20 heavy (non-hydrogen) atoms. The summed E-state index contributed by atoms with van der Waals surface area (Å²) >= 11 is 1.50. The van der Waals surface area contributed by atoms with Crippen LogP contribution in [-0.4, -0.2) is 35.0 Å². The zero-order valence-corrected chi connectivity index (χ0v) is 11.8. The van der Waals surface area contributed by atoms with Crippen LogP contribution in [-0.2, 0) is 4.79 Å². The number of hydrogen-bond donors (Lipinski definition) is 2. The third kappa shape index (κ3) is 2.36. The van der Waals surface area contributed by atoms with Crippen molar-refractivity contribution in [3.63, 3.8) is 0 Å². The van der Waals surface area contributed by atoms with Crippen molar-refractivity contribution in [2.45, 2.75) is 6.04 Å². The van der Waals surface area contributed by atoms with Crippen LogP contribution in [0.3, 0.4) is 0 Å². The van der Waals surface area contributed by atoms with Gasteiger partial charge in [-0.2, -0.15) is 0 Å². The Morgan fingerprint density at radius 1 is 1.30 bits per heavy atom. The first-order chi connectivity index (χ1) is 9.67. The van der Waals surface area contributed by atoms with Gasteiger partial charge in [-0.3, -0.25) is 4.99 Å². The number of hydrogen-bond acceptors (Lipinski definition) is 4. The second-order valence-electron chi connectivity index (χ2n) is 4.63. The molecule has 1 aliphatic rings. The van der Waals surface area contributed by atoms with Gasteiger partial charge in [0, 0.05) is 24.1 Å². The van der Waals surface area contributed by atoms with Gasteiger partial charge < -0.3 is 10.4 Å². The number of carboxylic acid groups (broad SMARTS) is 1. The van der Waals surface area contributed by atoms with Crippen LogP contribution in [0.2, 0.25) is 0 Å².